The second-order valence-electron chi connectivity index (χ2n) is 9.58. The second kappa shape index (κ2) is 9.65. The quantitative estimate of drug-likeness (QED) is 0.251. The Morgan fingerprint density at radius 2 is 1.42 bits per heavy atom. The van der Waals surface area contributed by atoms with E-state index in [0.717, 1.165) is 17.7 Å². The fourth-order valence-electron chi connectivity index (χ4n) is 4.42. The van der Waals surface area contributed by atoms with Crippen molar-refractivity contribution in [1.29, 1.82) is 0 Å². The maximum Gasteiger partial charge on any atom is 0.196 e. The van der Waals surface area contributed by atoms with E-state index in [9.17, 15) is 9.59 Å². The van der Waals surface area contributed by atoms with E-state index in [1.165, 1.54) is 0 Å². The zero-order chi connectivity index (χ0) is 23.0. The number of hydrogen-bond donors (Lipinski definition) is 2. The minimum absolute atomic E-state index is 0. The summed E-state index contributed by atoms with van der Waals surface area (Å²) in [4.78, 5) is 26.7. The summed E-state index contributed by atoms with van der Waals surface area (Å²) in [6.45, 7) is 11.0. The van der Waals surface area contributed by atoms with Crippen LogP contribution in [0.3, 0.4) is 0 Å². The summed E-state index contributed by atoms with van der Waals surface area (Å²) < 4.78 is 0. The molecule has 0 radical (unpaired) electrons. The number of ketones is 2. The van der Waals surface area contributed by atoms with E-state index in [0.29, 0.717) is 33.6 Å². The van der Waals surface area contributed by atoms with Crippen LogP contribution >= 0.6 is 0 Å². The zero-order valence-corrected chi connectivity index (χ0v) is 22.4. The third-order valence-corrected chi connectivity index (χ3v) is 5.84. The molecule has 3 aromatic rings. The Kier molecular flexibility index (Phi) is 7.29. The number of nitrogens with one attached hydrogen (secondary N) is 2. The van der Waals surface area contributed by atoms with Gasteiger partial charge in [0, 0.05) is 50.6 Å². The average molecular weight is 609 g/mol. The van der Waals surface area contributed by atoms with Crippen LogP contribution in [0.5, 0.6) is 0 Å². The summed E-state index contributed by atoms with van der Waals surface area (Å²) in [7, 11) is 1.76. The normalized spacial score (nSPS) is 13.5. The van der Waals surface area contributed by atoms with Gasteiger partial charge in [0.05, 0.1) is 16.8 Å². The Balaban J connectivity index is 0.00000306. The molecule has 33 heavy (non-hydrogen) atoms. The van der Waals surface area contributed by atoms with Crippen molar-refractivity contribution >= 4 is 28.6 Å². The number of benzene rings is 3. The molecular formula is C28H29N2O2W-. The number of hydrogen-bond acceptors (Lipinski definition) is 4. The van der Waals surface area contributed by atoms with Gasteiger partial charge in [-0.3, -0.25) is 9.59 Å². The summed E-state index contributed by atoms with van der Waals surface area (Å²) >= 11 is 0. The molecule has 0 bridgehead atoms. The van der Waals surface area contributed by atoms with Crippen LogP contribution in [0.1, 0.15) is 70.5 Å². The molecule has 2 N–H and O–H groups in total. The Hall–Kier alpha value is -2.71. The molecule has 1 aliphatic rings. The fraction of sp³-hybridized carbons (Fsp3) is 0.250. The van der Waals surface area contributed by atoms with Gasteiger partial charge in [0.25, 0.3) is 0 Å². The van der Waals surface area contributed by atoms with Crippen LogP contribution in [0.15, 0.2) is 60.7 Å². The van der Waals surface area contributed by atoms with Crippen LogP contribution in [0.4, 0.5) is 17.1 Å². The first-order chi connectivity index (χ1) is 15.2. The molecule has 0 saturated heterocycles. The maximum absolute atomic E-state index is 13.4. The van der Waals surface area contributed by atoms with Crippen molar-refractivity contribution in [2.75, 3.05) is 17.7 Å². The van der Waals surface area contributed by atoms with E-state index in [4.69, 9.17) is 0 Å². The fourth-order valence-corrected chi connectivity index (χ4v) is 4.42. The van der Waals surface area contributed by atoms with Gasteiger partial charge in [-0.25, -0.2) is 0 Å². The SMILES string of the molecule is [CH2-]C(CC(C)(C)C)c1cccc(Nc2ccc(NC)c3c2C(=O)c2ccccc2C3=O)c1.[W]. The van der Waals surface area contributed by atoms with Gasteiger partial charge in [-0.05, 0) is 29.7 Å². The van der Waals surface area contributed by atoms with Crippen LogP contribution in [-0.4, -0.2) is 18.6 Å². The van der Waals surface area contributed by atoms with Gasteiger partial charge in [0.15, 0.2) is 11.6 Å². The van der Waals surface area contributed by atoms with Gasteiger partial charge in [-0.2, -0.15) is 0 Å². The smallest absolute Gasteiger partial charge is 0.196 e. The molecule has 5 heteroatoms. The Morgan fingerprint density at radius 1 is 0.848 bits per heavy atom. The number of rotatable bonds is 5. The number of carbonyl (C=O) groups excluding carboxylic acids is 2. The second-order valence-corrected chi connectivity index (χ2v) is 9.58. The van der Waals surface area contributed by atoms with E-state index < -0.39 is 0 Å². The molecule has 0 amide bonds. The largest absolute Gasteiger partial charge is 0.388 e. The van der Waals surface area contributed by atoms with Gasteiger partial charge in [-0.1, -0.05) is 69.2 Å². The standard InChI is InChI=1S/C28H29N2O2.W/c1-17(16-28(2,3)4)18-9-8-10-19(15-18)30-23-14-13-22(29-5)24-25(23)27(32)21-12-7-6-11-20(21)26(24)31;/h6-15,17,29-30H,1,16H2,2-5H3;/q-1;. The Bertz CT molecular complexity index is 1210. The number of carbonyl (C=O) groups is 2. The van der Waals surface area contributed by atoms with Crippen LogP contribution in [0, 0.1) is 12.3 Å². The monoisotopic (exact) mass is 609 g/mol. The molecular weight excluding hydrogens is 580 g/mol. The van der Waals surface area contributed by atoms with Crippen LogP contribution in [-0.2, 0) is 21.1 Å². The molecule has 1 unspecified atom stereocenters. The first kappa shape index (κ1) is 24.9. The van der Waals surface area contributed by atoms with Crippen molar-refractivity contribution in [2.45, 2.75) is 33.1 Å². The van der Waals surface area contributed by atoms with Gasteiger partial charge in [0.2, 0.25) is 0 Å². The molecule has 0 heterocycles. The van der Waals surface area contributed by atoms with Gasteiger partial charge in [-0.15, -0.1) is 5.92 Å². The first-order valence-electron chi connectivity index (χ1n) is 10.9. The summed E-state index contributed by atoms with van der Waals surface area (Å²) in [5.74, 6) is -0.124. The zero-order valence-electron chi connectivity index (χ0n) is 19.5. The molecule has 170 valence electrons. The van der Waals surface area contributed by atoms with Crippen molar-refractivity contribution in [1.82, 2.24) is 0 Å². The topological polar surface area (TPSA) is 58.2 Å². The molecule has 0 aromatic heterocycles. The van der Waals surface area contributed by atoms with Crippen LogP contribution in [0.25, 0.3) is 0 Å². The third-order valence-electron chi connectivity index (χ3n) is 5.84. The molecule has 3 aromatic carbocycles. The Morgan fingerprint density at radius 3 is 2.00 bits per heavy atom. The van der Waals surface area contributed by atoms with E-state index in [1.807, 2.05) is 24.3 Å². The molecule has 1 aliphatic carbocycles. The van der Waals surface area contributed by atoms with Crippen LogP contribution < -0.4 is 10.6 Å². The molecule has 1 atom stereocenters. The summed E-state index contributed by atoms with van der Waals surface area (Å²) in [5.41, 5.74) is 5.17. The van der Waals surface area contributed by atoms with E-state index in [-0.39, 0.29) is 44.0 Å². The van der Waals surface area contributed by atoms with Crippen molar-refractivity contribution in [3.05, 3.63) is 95.4 Å². The van der Waals surface area contributed by atoms with Crippen LogP contribution in [0.2, 0.25) is 0 Å². The summed E-state index contributed by atoms with van der Waals surface area (Å²) in [5, 5.41) is 6.46. The molecule has 0 fully saturated rings. The van der Waals surface area contributed by atoms with E-state index in [1.54, 1.807) is 31.3 Å². The van der Waals surface area contributed by atoms with Gasteiger partial charge < -0.3 is 17.6 Å². The molecule has 4 nitrogen and oxygen atoms in total. The molecule has 4 rings (SSSR count). The average Bonchev–Trinajstić information content (AvgIpc) is 2.76. The maximum atomic E-state index is 13.4. The minimum atomic E-state index is -0.145. The van der Waals surface area contributed by atoms with E-state index >= 15 is 0 Å². The van der Waals surface area contributed by atoms with Gasteiger partial charge >= 0.3 is 0 Å². The summed E-state index contributed by atoms with van der Waals surface area (Å²) in [6.07, 6.45) is 0.965. The van der Waals surface area contributed by atoms with Gasteiger partial charge in [0.1, 0.15) is 0 Å². The predicted molar refractivity (Wildman–Crippen MR) is 131 cm³/mol. The van der Waals surface area contributed by atoms with Crippen molar-refractivity contribution < 1.29 is 30.7 Å². The van der Waals surface area contributed by atoms with E-state index in [2.05, 4.69) is 50.5 Å². The third kappa shape index (κ3) is 4.96. The Labute approximate surface area is 210 Å². The predicted octanol–water partition coefficient (Wildman–Crippen LogP) is 6.60. The van der Waals surface area contributed by atoms with Crippen molar-refractivity contribution in [3.8, 4) is 0 Å². The number of anilines is 3. The molecule has 0 saturated carbocycles. The summed E-state index contributed by atoms with van der Waals surface area (Å²) in [6, 6.07) is 18.8. The minimum Gasteiger partial charge on any atom is -0.388 e. The molecule has 0 spiro atoms. The van der Waals surface area contributed by atoms with Crippen molar-refractivity contribution in [2.24, 2.45) is 5.41 Å². The first-order valence-corrected chi connectivity index (χ1v) is 10.9. The molecule has 0 aliphatic heterocycles. The number of fused-ring (bicyclic) bond motifs is 2. The van der Waals surface area contributed by atoms with Crippen molar-refractivity contribution in [3.63, 3.8) is 0 Å².